The first-order valence-electron chi connectivity index (χ1n) is 7.48. The van der Waals surface area contributed by atoms with Crippen LogP contribution in [-0.2, 0) is 18.3 Å². The Balaban J connectivity index is 0.00000242. The van der Waals surface area contributed by atoms with Crippen LogP contribution < -0.4 is 10.6 Å². The second-order valence-corrected chi connectivity index (χ2v) is 5.28. The monoisotopic (exact) mass is 422 g/mol. The lowest BCUT2D eigenvalue weighted by molar-refractivity contribution is -0.0161. The number of morpholine rings is 1. The van der Waals surface area contributed by atoms with Crippen molar-refractivity contribution < 1.29 is 4.74 Å². The van der Waals surface area contributed by atoms with Gasteiger partial charge in [0.05, 0.1) is 24.9 Å². The molecule has 0 saturated carbocycles. The second kappa shape index (κ2) is 10.0. The Hall–Kier alpha value is -0.870. The van der Waals surface area contributed by atoms with E-state index in [2.05, 4.69) is 39.6 Å². The van der Waals surface area contributed by atoms with Gasteiger partial charge in [-0.15, -0.1) is 24.0 Å². The third-order valence-electron chi connectivity index (χ3n) is 3.50. The first-order valence-corrected chi connectivity index (χ1v) is 7.48. The molecule has 0 bridgehead atoms. The van der Waals surface area contributed by atoms with Crippen molar-refractivity contribution in [3.8, 4) is 0 Å². The molecule has 0 aromatic carbocycles. The predicted octanol–water partition coefficient (Wildman–Crippen LogP) is 0.424. The fraction of sp³-hybridized carbons (Fsp3) is 0.714. The van der Waals surface area contributed by atoms with Crippen LogP contribution in [0.4, 0.5) is 0 Å². The van der Waals surface area contributed by atoms with Gasteiger partial charge in [0.25, 0.3) is 0 Å². The van der Waals surface area contributed by atoms with Gasteiger partial charge in [0.1, 0.15) is 0 Å². The minimum atomic E-state index is 0. The number of rotatable bonds is 5. The third kappa shape index (κ3) is 6.09. The number of hydrogen-bond acceptors (Lipinski definition) is 4. The lowest BCUT2D eigenvalue weighted by atomic mass is 10.3. The largest absolute Gasteiger partial charge is 0.374 e. The standard InChI is InChI=1S/C14H26N6O.HI/c1-4-15-14(16-9-12-5-6-18-20(12)3)17-10-13-11-19(2)7-8-21-13;/h5-6,13H,4,7-11H2,1-3H3,(H2,15,16,17);1H. The van der Waals surface area contributed by atoms with Gasteiger partial charge in [-0.05, 0) is 20.0 Å². The smallest absolute Gasteiger partial charge is 0.191 e. The van der Waals surface area contributed by atoms with Crippen molar-refractivity contribution in [1.82, 2.24) is 25.3 Å². The Morgan fingerprint density at radius 2 is 2.27 bits per heavy atom. The van der Waals surface area contributed by atoms with Crippen LogP contribution in [0.5, 0.6) is 0 Å². The predicted molar refractivity (Wildman–Crippen MR) is 98.7 cm³/mol. The van der Waals surface area contributed by atoms with E-state index in [0.29, 0.717) is 6.54 Å². The fourth-order valence-corrected chi connectivity index (χ4v) is 2.26. The van der Waals surface area contributed by atoms with Crippen LogP contribution in [0.3, 0.4) is 0 Å². The van der Waals surface area contributed by atoms with E-state index in [0.717, 1.165) is 44.4 Å². The highest BCUT2D eigenvalue weighted by atomic mass is 127. The maximum Gasteiger partial charge on any atom is 0.191 e. The van der Waals surface area contributed by atoms with Crippen molar-refractivity contribution >= 4 is 29.9 Å². The van der Waals surface area contributed by atoms with Gasteiger partial charge < -0.3 is 20.3 Å². The van der Waals surface area contributed by atoms with E-state index < -0.39 is 0 Å². The highest BCUT2D eigenvalue weighted by molar-refractivity contribution is 14.0. The van der Waals surface area contributed by atoms with Crippen LogP contribution in [0.15, 0.2) is 17.3 Å². The van der Waals surface area contributed by atoms with Crippen LogP contribution >= 0.6 is 24.0 Å². The molecule has 1 saturated heterocycles. The number of hydrogen-bond donors (Lipinski definition) is 2. The molecule has 1 aliphatic heterocycles. The Morgan fingerprint density at radius 3 is 2.91 bits per heavy atom. The molecule has 2 N–H and O–H groups in total. The molecule has 1 aliphatic rings. The molecule has 1 unspecified atom stereocenters. The first-order chi connectivity index (χ1) is 10.2. The molecule has 0 aliphatic carbocycles. The summed E-state index contributed by atoms with van der Waals surface area (Å²) >= 11 is 0. The number of aryl methyl sites for hydroxylation is 1. The van der Waals surface area contributed by atoms with Gasteiger partial charge >= 0.3 is 0 Å². The summed E-state index contributed by atoms with van der Waals surface area (Å²) in [7, 11) is 4.05. The number of aliphatic imine (C=N–C) groups is 1. The van der Waals surface area contributed by atoms with Crippen molar-refractivity contribution in [3.05, 3.63) is 18.0 Å². The van der Waals surface area contributed by atoms with Gasteiger partial charge in [0.2, 0.25) is 0 Å². The van der Waals surface area contributed by atoms with Crippen molar-refractivity contribution in [3.63, 3.8) is 0 Å². The van der Waals surface area contributed by atoms with Crippen LogP contribution in [0.25, 0.3) is 0 Å². The number of guanidine groups is 1. The van der Waals surface area contributed by atoms with Crippen LogP contribution in [0, 0.1) is 0 Å². The molecule has 0 spiro atoms. The summed E-state index contributed by atoms with van der Waals surface area (Å²) < 4.78 is 7.58. The topological polar surface area (TPSA) is 66.7 Å². The highest BCUT2D eigenvalue weighted by Crippen LogP contribution is 2.02. The lowest BCUT2D eigenvalue weighted by Gasteiger charge is -2.30. The molecule has 1 atom stereocenters. The van der Waals surface area contributed by atoms with Gasteiger partial charge in [0.15, 0.2) is 5.96 Å². The summed E-state index contributed by atoms with van der Waals surface area (Å²) in [5.41, 5.74) is 1.08. The summed E-state index contributed by atoms with van der Waals surface area (Å²) in [6, 6.07) is 1.98. The summed E-state index contributed by atoms with van der Waals surface area (Å²) in [6.07, 6.45) is 2.00. The number of aromatic nitrogens is 2. The SMILES string of the molecule is CCNC(=NCc1ccnn1C)NCC1CN(C)CCO1.I. The van der Waals surface area contributed by atoms with Crippen molar-refractivity contribution in [2.75, 3.05) is 39.8 Å². The average molecular weight is 422 g/mol. The summed E-state index contributed by atoms with van der Waals surface area (Å²) in [4.78, 5) is 6.87. The van der Waals surface area contributed by atoms with Crippen LogP contribution in [0.1, 0.15) is 12.6 Å². The molecule has 7 nitrogen and oxygen atoms in total. The normalized spacial score (nSPS) is 19.6. The van der Waals surface area contributed by atoms with Crippen LogP contribution in [0.2, 0.25) is 0 Å². The molecule has 2 rings (SSSR count). The van der Waals surface area contributed by atoms with Crippen LogP contribution in [-0.4, -0.2) is 66.6 Å². The average Bonchev–Trinajstić information content (AvgIpc) is 2.87. The first kappa shape index (κ1) is 19.2. The van der Waals surface area contributed by atoms with Crippen molar-refractivity contribution in [2.45, 2.75) is 19.6 Å². The van der Waals surface area contributed by atoms with Gasteiger partial charge in [-0.2, -0.15) is 5.10 Å². The fourth-order valence-electron chi connectivity index (χ4n) is 2.26. The molecule has 1 fully saturated rings. The van der Waals surface area contributed by atoms with Crippen molar-refractivity contribution in [2.24, 2.45) is 12.0 Å². The summed E-state index contributed by atoms with van der Waals surface area (Å²) in [6.45, 7) is 7.03. The Labute approximate surface area is 149 Å². The van der Waals surface area contributed by atoms with Gasteiger partial charge in [-0.1, -0.05) is 0 Å². The van der Waals surface area contributed by atoms with E-state index in [9.17, 15) is 0 Å². The molecule has 8 heteroatoms. The molecule has 2 heterocycles. The minimum Gasteiger partial charge on any atom is -0.374 e. The number of nitrogens with zero attached hydrogens (tertiary/aromatic N) is 4. The molecule has 0 radical (unpaired) electrons. The number of nitrogens with one attached hydrogen (secondary N) is 2. The summed E-state index contributed by atoms with van der Waals surface area (Å²) in [5, 5.41) is 10.8. The van der Waals surface area contributed by atoms with E-state index in [1.54, 1.807) is 6.20 Å². The van der Waals surface area contributed by atoms with E-state index in [-0.39, 0.29) is 30.1 Å². The zero-order valence-corrected chi connectivity index (χ0v) is 15.9. The maximum atomic E-state index is 5.75. The third-order valence-corrected chi connectivity index (χ3v) is 3.50. The highest BCUT2D eigenvalue weighted by Gasteiger charge is 2.17. The van der Waals surface area contributed by atoms with E-state index in [1.165, 1.54) is 0 Å². The Morgan fingerprint density at radius 1 is 1.45 bits per heavy atom. The van der Waals surface area contributed by atoms with Gasteiger partial charge in [0, 0.05) is 39.4 Å². The van der Waals surface area contributed by atoms with E-state index in [1.807, 2.05) is 17.8 Å². The zero-order chi connectivity index (χ0) is 15.1. The Kier molecular flexibility index (Phi) is 8.72. The molecule has 1 aromatic heterocycles. The van der Waals surface area contributed by atoms with E-state index in [4.69, 9.17) is 4.74 Å². The molecule has 0 amide bonds. The maximum absolute atomic E-state index is 5.75. The minimum absolute atomic E-state index is 0. The van der Waals surface area contributed by atoms with E-state index >= 15 is 0 Å². The molecule has 126 valence electrons. The molecular formula is C14H27IN6O. The number of halogens is 1. The molecule has 1 aromatic rings. The van der Waals surface area contributed by atoms with Crippen molar-refractivity contribution in [1.29, 1.82) is 0 Å². The van der Waals surface area contributed by atoms with Gasteiger partial charge in [-0.3, -0.25) is 4.68 Å². The molecular weight excluding hydrogens is 395 g/mol. The second-order valence-electron chi connectivity index (χ2n) is 5.28. The summed E-state index contributed by atoms with van der Waals surface area (Å²) in [5.74, 6) is 0.815. The number of likely N-dealkylation sites (N-methyl/N-ethyl adjacent to an activating group) is 1. The number of ether oxygens (including phenoxy) is 1. The molecule has 22 heavy (non-hydrogen) atoms. The quantitative estimate of drug-likeness (QED) is 0.409. The van der Waals surface area contributed by atoms with Gasteiger partial charge in [-0.25, -0.2) is 4.99 Å². The Bertz CT molecular complexity index is 464. The lowest BCUT2D eigenvalue weighted by Crippen LogP contribution is -2.48. The zero-order valence-electron chi connectivity index (χ0n) is 13.6.